The maximum atomic E-state index is 13.2. The number of aliphatic hydroxyl groups is 1. The second-order valence-electron chi connectivity index (χ2n) is 10.8. The summed E-state index contributed by atoms with van der Waals surface area (Å²) < 4.78 is 10.9. The van der Waals surface area contributed by atoms with Crippen LogP contribution in [0.4, 0.5) is 4.79 Å². The molecule has 2 saturated heterocycles. The number of aliphatic hydroxyl groups excluding tert-OH is 1. The Hall–Kier alpha value is -4.27. The predicted molar refractivity (Wildman–Crippen MR) is 152 cm³/mol. The third-order valence-electron chi connectivity index (χ3n) is 8.64. The van der Waals surface area contributed by atoms with Gasteiger partial charge in [0.2, 0.25) is 11.8 Å². The van der Waals surface area contributed by atoms with Crippen molar-refractivity contribution in [2.45, 2.75) is 25.4 Å². The normalized spacial score (nSPS) is 24.1. The number of hydrogen-bond acceptors (Lipinski definition) is 7. The first-order valence-electron chi connectivity index (χ1n) is 13.8. The predicted octanol–water partition coefficient (Wildman–Crippen LogP) is 4.94. The lowest BCUT2D eigenvalue weighted by atomic mass is 9.69. The van der Waals surface area contributed by atoms with Gasteiger partial charge in [-0.1, -0.05) is 66.7 Å². The van der Waals surface area contributed by atoms with Crippen LogP contribution < -0.4 is 0 Å². The Morgan fingerprint density at radius 2 is 1.73 bits per heavy atom. The molecule has 0 saturated carbocycles. The fraction of sp³-hybridized carbons (Fsp3) is 0.303. The molecule has 3 aliphatic rings. The van der Waals surface area contributed by atoms with Gasteiger partial charge in [0.15, 0.2) is 0 Å². The second-order valence-corrected chi connectivity index (χ2v) is 10.8. The molecule has 6 rings (SSSR count). The molecule has 0 radical (unpaired) electrons. The van der Waals surface area contributed by atoms with Crippen LogP contribution in [0.25, 0.3) is 22.4 Å². The van der Waals surface area contributed by atoms with E-state index >= 15 is 0 Å². The number of carbonyl (C=O) groups excluding carboxylic acids is 3. The van der Waals surface area contributed by atoms with E-state index in [1.54, 1.807) is 6.07 Å². The molecule has 0 spiro atoms. The molecule has 8 heteroatoms. The number of phenolic OH excluding ortho intramolecular Hbond substituents is 1. The minimum absolute atomic E-state index is 0.214. The number of benzene rings is 3. The molecule has 3 aromatic carbocycles. The van der Waals surface area contributed by atoms with Crippen molar-refractivity contribution in [3.8, 4) is 5.75 Å². The molecule has 2 fully saturated rings. The van der Waals surface area contributed by atoms with Crippen LogP contribution in [0.15, 0.2) is 77.9 Å². The smallest absolute Gasteiger partial charge is 0.423 e. The lowest BCUT2D eigenvalue weighted by Crippen LogP contribution is -2.38. The molecular weight excluding hydrogens is 522 g/mol. The van der Waals surface area contributed by atoms with E-state index in [0.717, 1.165) is 40.2 Å². The summed E-state index contributed by atoms with van der Waals surface area (Å²) in [6.45, 7) is 0.00116. The van der Waals surface area contributed by atoms with Gasteiger partial charge in [0.05, 0.1) is 38.3 Å². The van der Waals surface area contributed by atoms with Crippen molar-refractivity contribution in [1.82, 2.24) is 4.90 Å². The standard InChI is InChI=1S/C33H31NO7/c1-40-33(39)34-31(37)25-16-22(17-35)29-26(30(25)32(34)38)18-41-28(29)14-12-20(19-7-3-2-4-8-19)15-21-11-13-27(36)24-10-6-5-9-23(21)24/h2-11,13,15,25-26,28,30,35-36H,12,14,16-18H2,1H3/b20-15-/t25-,26+,28-,30-/m1/s1. The van der Waals surface area contributed by atoms with Crippen molar-refractivity contribution in [2.24, 2.45) is 17.8 Å². The van der Waals surface area contributed by atoms with Gasteiger partial charge in [0.1, 0.15) is 5.75 Å². The summed E-state index contributed by atoms with van der Waals surface area (Å²) in [6, 6.07) is 21.4. The molecule has 0 aromatic heterocycles. The maximum absolute atomic E-state index is 13.2. The largest absolute Gasteiger partial charge is 0.507 e. The number of likely N-dealkylation sites (tertiary alicyclic amines) is 1. The monoisotopic (exact) mass is 553 g/mol. The number of methoxy groups -OCH3 is 1. The van der Waals surface area contributed by atoms with E-state index in [4.69, 9.17) is 4.74 Å². The Balaban J connectivity index is 1.31. The van der Waals surface area contributed by atoms with Crippen LogP contribution in [0.5, 0.6) is 5.75 Å². The highest BCUT2D eigenvalue weighted by atomic mass is 16.5. The highest BCUT2D eigenvalue weighted by Crippen LogP contribution is 2.50. The van der Waals surface area contributed by atoms with Crippen LogP contribution in [0, 0.1) is 17.8 Å². The van der Waals surface area contributed by atoms with Crippen molar-refractivity contribution in [1.29, 1.82) is 0 Å². The van der Waals surface area contributed by atoms with Crippen LogP contribution in [-0.2, 0) is 19.1 Å². The van der Waals surface area contributed by atoms with Crippen LogP contribution in [0.3, 0.4) is 0 Å². The van der Waals surface area contributed by atoms with Crippen molar-refractivity contribution in [2.75, 3.05) is 20.3 Å². The number of allylic oxidation sites excluding steroid dienone is 1. The first-order chi connectivity index (χ1) is 19.9. The number of nitrogens with zero attached hydrogens (tertiary/aromatic N) is 1. The molecule has 2 heterocycles. The summed E-state index contributed by atoms with van der Waals surface area (Å²) >= 11 is 0. The molecule has 3 amide bonds. The number of phenols is 1. The average molecular weight is 554 g/mol. The molecule has 2 aliphatic heterocycles. The molecule has 210 valence electrons. The van der Waals surface area contributed by atoms with Gasteiger partial charge in [-0.25, -0.2) is 4.79 Å². The first kappa shape index (κ1) is 26.9. The molecule has 0 bridgehead atoms. The van der Waals surface area contributed by atoms with Gasteiger partial charge >= 0.3 is 6.09 Å². The zero-order chi connectivity index (χ0) is 28.7. The molecule has 41 heavy (non-hydrogen) atoms. The molecule has 2 N–H and O–H groups in total. The van der Waals surface area contributed by atoms with E-state index in [2.05, 4.69) is 22.9 Å². The fourth-order valence-corrected chi connectivity index (χ4v) is 6.75. The Kier molecular flexibility index (Phi) is 7.19. The SMILES string of the molecule is COC(=O)N1C(=O)[C@@H]2[C@@H](CC(CO)=C3[C@@H](CC/C(=C/c4ccc(O)c5ccccc45)c4ccccc4)OC[C@@H]32)C1=O. The van der Waals surface area contributed by atoms with Crippen molar-refractivity contribution < 1.29 is 34.1 Å². The van der Waals surface area contributed by atoms with Gasteiger partial charge in [0.25, 0.3) is 0 Å². The summed E-state index contributed by atoms with van der Waals surface area (Å²) in [4.78, 5) is 39.0. The fourth-order valence-electron chi connectivity index (χ4n) is 6.75. The average Bonchev–Trinajstić information content (AvgIpc) is 3.54. The number of ether oxygens (including phenoxy) is 2. The minimum atomic E-state index is -0.976. The van der Waals surface area contributed by atoms with Crippen LogP contribution in [-0.4, -0.2) is 59.4 Å². The third kappa shape index (κ3) is 4.63. The number of hydrogen-bond donors (Lipinski definition) is 2. The number of fused-ring (bicyclic) bond motifs is 4. The van der Waals surface area contributed by atoms with Gasteiger partial charge in [0, 0.05) is 11.3 Å². The summed E-state index contributed by atoms with van der Waals surface area (Å²) in [5, 5.41) is 22.4. The molecule has 3 aromatic rings. The quantitative estimate of drug-likeness (QED) is 0.253. The number of imide groups is 3. The Bertz CT molecular complexity index is 1590. The maximum Gasteiger partial charge on any atom is 0.423 e. The van der Waals surface area contributed by atoms with Crippen LogP contribution in [0.2, 0.25) is 0 Å². The third-order valence-corrected chi connectivity index (χ3v) is 8.64. The number of rotatable bonds is 6. The summed E-state index contributed by atoms with van der Waals surface area (Å²) in [5.41, 5.74) is 4.71. The van der Waals surface area contributed by atoms with Crippen molar-refractivity contribution in [3.05, 3.63) is 89.0 Å². The molecule has 4 atom stereocenters. The van der Waals surface area contributed by atoms with Gasteiger partial charge in [-0.05, 0) is 58.6 Å². The van der Waals surface area contributed by atoms with Gasteiger partial charge in [-0.15, -0.1) is 0 Å². The highest BCUT2D eigenvalue weighted by Gasteiger charge is 2.58. The Labute approximate surface area is 237 Å². The van der Waals surface area contributed by atoms with Gasteiger partial charge in [-0.2, -0.15) is 4.90 Å². The molecule has 0 unspecified atom stereocenters. The van der Waals surface area contributed by atoms with Crippen LogP contribution >= 0.6 is 0 Å². The summed E-state index contributed by atoms with van der Waals surface area (Å²) in [7, 11) is 1.14. The lowest BCUT2D eigenvalue weighted by molar-refractivity contribution is -0.137. The van der Waals surface area contributed by atoms with E-state index in [-0.39, 0.29) is 37.4 Å². The molecule has 1 aliphatic carbocycles. The van der Waals surface area contributed by atoms with E-state index in [1.165, 1.54) is 0 Å². The van der Waals surface area contributed by atoms with Crippen LogP contribution in [0.1, 0.15) is 30.4 Å². The minimum Gasteiger partial charge on any atom is -0.507 e. The summed E-state index contributed by atoms with van der Waals surface area (Å²) in [5.74, 6) is -2.69. The number of carbonyl (C=O) groups is 3. The Morgan fingerprint density at radius 1 is 1.00 bits per heavy atom. The van der Waals surface area contributed by atoms with Crippen molar-refractivity contribution in [3.63, 3.8) is 0 Å². The Morgan fingerprint density at radius 3 is 2.46 bits per heavy atom. The molecular formula is C33H31NO7. The van der Waals surface area contributed by atoms with E-state index in [0.29, 0.717) is 23.3 Å². The zero-order valence-corrected chi connectivity index (χ0v) is 22.7. The lowest BCUT2D eigenvalue weighted by Gasteiger charge is -2.31. The van der Waals surface area contributed by atoms with E-state index < -0.39 is 29.7 Å². The highest BCUT2D eigenvalue weighted by molar-refractivity contribution is 6.16. The number of amides is 3. The molecule has 8 nitrogen and oxygen atoms in total. The van der Waals surface area contributed by atoms with E-state index in [1.807, 2.05) is 48.5 Å². The van der Waals surface area contributed by atoms with Crippen molar-refractivity contribution >= 4 is 40.3 Å². The second kappa shape index (κ2) is 11.0. The first-order valence-corrected chi connectivity index (χ1v) is 13.8. The topological polar surface area (TPSA) is 113 Å². The van der Waals surface area contributed by atoms with E-state index in [9.17, 15) is 24.6 Å². The zero-order valence-electron chi connectivity index (χ0n) is 22.7. The number of aromatic hydroxyl groups is 1. The van der Waals surface area contributed by atoms with Gasteiger partial charge in [-0.3, -0.25) is 9.59 Å². The van der Waals surface area contributed by atoms with Gasteiger partial charge < -0.3 is 19.7 Å². The summed E-state index contributed by atoms with van der Waals surface area (Å²) in [6.07, 6.45) is 2.29.